The van der Waals surface area contributed by atoms with Crippen molar-refractivity contribution in [3.8, 4) is 0 Å². The maximum atomic E-state index is 6.07. The highest BCUT2D eigenvalue weighted by Crippen LogP contribution is 2.27. The summed E-state index contributed by atoms with van der Waals surface area (Å²) in [6.45, 7) is 9.46. The molecule has 1 saturated heterocycles. The Morgan fingerprint density at radius 2 is 2.14 bits per heavy atom. The van der Waals surface area contributed by atoms with E-state index < -0.39 is 0 Å². The summed E-state index contributed by atoms with van der Waals surface area (Å²) in [6, 6.07) is 4.12. The number of aromatic nitrogens is 4. The Hall–Kier alpha value is -2.29. The third-order valence-electron chi connectivity index (χ3n) is 4.84. The van der Waals surface area contributed by atoms with Crippen LogP contribution >= 0.6 is 11.3 Å². The highest BCUT2D eigenvalue weighted by atomic mass is 32.1. The molecular weight excluding hydrogens is 372 g/mol. The lowest BCUT2D eigenvalue weighted by atomic mass is 10.1. The number of aryl methyl sites for hydroxylation is 4. The van der Waals surface area contributed by atoms with Crippen molar-refractivity contribution >= 4 is 22.2 Å². The van der Waals surface area contributed by atoms with Gasteiger partial charge in [-0.25, -0.2) is 4.98 Å². The number of rotatable bonds is 5. The zero-order valence-electron chi connectivity index (χ0n) is 16.8. The fourth-order valence-corrected chi connectivity index (χ4v) is 4.22. The number of anilines is 2. The molecule has 4 rings (SSSR count). The van der Waals surface area contributed by atoms with Gasteiger partial charge in [-0.05, 0) is 32.9 Å². The van der Waals surface area contributed by atoms with Gasteiger partial charge < -0.3 is 10.1 Å². The molecular formula is C20H26N6OS. The minimum absolute atomic E-state index is 0.0378. The molecule has 7 nitrogen and oxygen atoms in total. The van der Waals surface area contributed by atoms with Gasteiger partial charge in [0.1, 0.15) is 6.10 Å². The molecule has 4 heterocycles. The number of nitrogens with one attached hydrogen (secondary N) is 1. The molecule has 148 valence electrons. The van der Waals surface area contributed by atoms with Gasteiger partial charge in [0, 0.05) is 60.9 Å². The van der Waals surface area contributed by atoms with Gasteiger partial charge in [-0.1, -0.05) is 0 Å². The highest BCUT2D eigenvalue weighted by molar-refractivity contribution is 7.15. The predicted molar refractivity (Wildman–Crippen MR) is 111 cm³/mol. The van der Waals surface area contributed by atoms with Crippen LogP contribution < -0.4 is 5.32 Å². The number of hydrogen-bond acceptors (Lipinski definition) is 7. The molecule has 8 heteroatoms. The maximum absolute atomic E-state index is 6.07. The Morgan fingerprint density at radius 3 is 2.86 bits per heavy atom. The lowest BCUT2D eigenvalue weighted by Gasteiger charge is -2.32. The zero-order chi connectivity index (χ0) is 19.7. The standard InChI is InChI=1S/C20H26N6OS/c1-13-7-17(23-20-21-9-14(2)28-20)8-18(22-13)19-12-26(5-6-27-19)11-16-10-25(4)24-15(16)3/h7-10,19H,5-6,11-12H2,1-4H3,(H,21,22,23). The Balaban J connectivity index is 1.49. The van der Waals surface area contributed by atoms with Crippen LogP contribution in [0.25, 0.3) is 0 Å². The molecule has 0 spiro atoms. The largest absolute Gasteiger partial charge is 0.369 e. The van der Waals surface area contributed by atoms with Gasteiger partial charge >= 0.3 is 0 Å². The smallest absolute Gasteiger partial charge is 0.187 e. The third kappa shape index (κ3) is 4.40. The summed E-state index contributed by atoms with van der Waals surface area (Å²) >= 11 is 1.64. The second kappa shape index (κ2) is 7.98. The molecule has 1 aliphatic heterocycles. The van der Waals surface area contributed by atoms with Gasteiger partial charge in [0.05, 0.1) is 18.0 Å². The van der Waals surface area contributed by atoms with E-state index >= 15 is 0 Å². The number of thiazole rings is 1. The SMILES string of the molecule is Cc1cc(Nc2ncc(C)s2)cc(C2CN(Cc3cn(C)nc3C)CCO2)n1. The summed E-state index contributed by atoms with van der Waals surface area (Å²) in [4.78, 5) is 12.7. The van der Waals surface area contributed by atoms with Gasteiger partial charge in [0.25, 0.3) is 0 Å². The molecule has 1 N–H and O–H groups in total. The van der Waals surface area contributed by atoms with Crippen LogP contribution in [-0.2, 0) is 18.3 Å². The normalized spacial score (nSPS) is 17.8. The summed E-state index contributed by atoms with van der Waals surface area (Å²) in [5.41, 5.74) is 5.28. The minimum atomic E-state index is -0.0378. The van der Waals surface area contributed by atoms with Gasteiger partial charge in [0.15, 0.2) is 5.13 Å². The van der Waals surface area contributed by atoms with Crippen LogP contribution in [0.1, 0.15) is 33.6 Å². The van der Waals surface area contributed by atoms with Crippen molar-refractivity contribution in [2.45, 2.75) is 33.4 Å². The summed E-state index contributed by atoms with van der Waals surface area (Å²) in [6.07, 6.45) is 3.94. The van der Waals surface area contributed by atoms with Crippen LogP contribution in [0, 0.1) is 20.8 Å². The van der Waals surface area contributed by atoms with Crippen molar-refractivity contribution in [1.82, 2.24) is 24.6 Å². The second-order valence-electron chi connectivity index (χ2n) is 7.33. The molecule has 0 saturated carbocycles. The molecule has 1 fully saturated rings. The van der Waals surface area contributed by atoms with Crippen molar-refractivity contribution in [2.24, 2.45) is 7.05 Å². The van der Waals surface area contributed by atoms with Crippen LogP contribution in [0.3, 0.4) is 0 Å². The molecule has 3 aromatic heterocycles. The molecule has 0 aliphatic carbocycles. The van der Waals surface area contributed by atoms with E-state index in [9.17, 15) is 0 Å². The Kier molecular flexibility index (Phi) is 5.43. The average Bonchev–Trinajstić information content (AvgIpc) is 3.19. The van der Waals surface area contributed by atoms with Crippen molar-refractivity contribution in [3.05, 3.63) is 52.0 Å². The van der Waals surface area contributed by atoms with Crippen LogP contribution in [0.4, 0.5) is 10.8 Å². The molecule has 1 unspecified atom stereocenters. The minimum Gasteiger partial charge on any atom is -0.369 e. The first-order valence-corrected chi connectivity index (χ1v) is 10.3. The molecule has 1 atom stereocenters. The lowest BCUT2D eigenvalue weighted by Crippen LogP contribution is -2.38. The Bertz CT molecular complexity index is 966. The van der Waals surface area contributed by atoms with E-state index in [0.29, 0.717) is 6.61 Å². The predicted octanol–water partition coefficient (Wildman–Crippen LogP) is 3.51. The molecule has 28 heavy (non-hydrogen) atoms. The first kappa shape index (κ1) is 19.0. The monoisotopic (exact) mass is 398 g/mol. The number of pyridine rings is 1. The van der Waals surface area contributed by atoms with Gasteiger partial charge in [-0.3, -0.25) is 14.6 Å². The number of hydrogen-bond donors (Lipinski definition) is 1. The summed E-state index contributed by atoms with van der Waals surface area (Å²) in [5, 5.41) is 8.74. The van der Waals surface area contributed by atoms with Gasteiger partial charge in [-0.2, -0.15) is 5.10 Å². The Morgan fingerprint density at radius 1 is 1.29 bits per heavy atom. The molecule has 1 aliphatic rings. The lowest BCUT2D eigenvalue weighted by molar-refractivity contribution is -0.0350. The number of ether oxygens (including phenoxy) is 1. The van der Waals surface area contributed by atoms with Crippen LogP contribution in [-0.4, -0.2) is 44.3 Å². The number of nitrogens with zero attached hydrogens (tertiary/aromatic N) is 5. The molecule has 0 radical (unpaired) electrons. The Labute approximate surface area is 169 Å². The summed E-state index contributed by atoms with van der Waals surface area (Å²) < 4.78 is 7.94. The first-order valence-electron chi connectivity index (χ1n) is 9.47. The van der Waals surface area contributed by atoms with Gasteiger partial charge in [0.2, 0.25) is 0 Å². The second-order valence-corrected chi connectivity index (χ2v) is 8.57. The maximum Gasteiger partial charge on any atom is 0.187 e. The quantitative estimate of drug-likeness (QED) is 0.709. The third-order valence-corrected chi connectivity index (χ3v) is 5.66. The van der Waals surface area contributed by atoms with E-state index in [1.807, 2.05) is 30.9 Å². The number of morpholine rings is 1. The van der Waals surface area contributed by atoms with E-state index in [1.54, 1.807) is 11.3 Å². The van der Waals surface area contributed by atoms with Crippen molar-refractivity contribution in [1.29, 1.82) is 0 Å². The summed E-state index contributed by atoms with van der Waals surface area (Å²) in [7, 11) is 1.97. The zero-order valence-corrected chi connectivity index (χ0v) is 17.6. The topological polar surface area (TPSA) is 68.1 Å². The fraction of sp³-hybridized carbons (Fsp3) is 0.450. The van der Waals surface area contributed by atoms with E-state index in [1.165, 1.54) is 10.4 Å². The summed E-state index contributed by atoms with van der Waals surface area (Å²) in [5.74, 6) is 0. The van der Waals surface area contributed by atoms with Crippen LogP contribution in [0.5, 0.6) is 0 Å². The van der Waals surface area contributed by atoms with E-state index in [2.05, 4.69) is 46.4 Å². The van der Waals surface area contributed by atoms with Crippen LogP contribution in [0.15, 0.2) is 24.5 Å². The fourth-order valence-electron chi connectivity index (χ4n) is 3.54. The molecule has 0 amide bonds. The van der Waals surface area contributed by atoms with Crippen molar-refractivity contribution < 1.29 is 4.74 Å². The van der Waals surface area contributed by atoms with Crippen molar-refractivity contribution in [2.75, 3.05) is 25.0 Å². The van der Waals surface area contributed by atoms with E-state index in [-0.39, 0.29) is 6.10 Å². The van der Waals surface area contributed by atoms with E-state index in [4.69, 9.17) is 9.72 Å². The average molecular weight is 399 g/mol. The van der Waals surface area contributed by atoms with E-state index in [0.717, 1.165) is 47.5 Å². The highest BCUT2D eigenvalue weighted by Gasteiger charge is 2.24. The first-order chi connectivity index (χ1) is 13.5. The van der Waals surface area contributed by atoms with Crippen LogP contribution in [0.2, 0.25) is 0 Å². The molecule has 0 aromatic carbocycles. The molecule has 0 bridgehead atoms. The van der Waals surface area contributed by atoms with Gasteiger partial charge in [-0.15, -0.1) is 11.3 Å². The molecule has 3 aromatic rings. The van der Waals surface area contributed by atoms with Crippen molar-refractivity contribution in [3.63, 3.8) is 0 Å².